The van der Waals surface area contributed by atoms with Crippen molar-refractivity contribution in [1.82, 2.24) is 5.32 Å². The number of benzene rings is 1. The van der Waals surface area contributed by atoms with Crippen LogP contribution in [0.3, 0.4) is 0 Å². The average molecular weight is 415 g/mol. The molecule has 0 aliphatic carbocycles. The fourth-order valence-corrected chi connectivity index (χ4v) is 2.53. The summed E-state index contributed by atoms with van der Waals surface area (Å²) in [7, 11) is 0. The minimum atomic E-state index is -2.26. The van der Waals surface area contributed by atoms with Crippen molar-refractivity contribution < 1.29 is 29.6 Å². The van der Waals surface area contributed by atoms with Crippen LogP contribution < -0.4 is 5.32 Å². The molecule has 0 unspecified atom stereocenters. The summed E-state index contributed by atoms with van der Waals surface area (Å²) in [5.41, 5.74) is 0.818. The van der Waals surface area contributed by atoms with Crippen LogP contribution in [0.25, 0.3) is 0 Å². The molecular formula is C15H18Cl3NO6. The summed E-state index contributed by atoms with van der Waals surface area (Å²) in [4.78, 5) is 11.9. The summed E-state index contributed by atoms with van der Waals surface area (Å²) < 4.78 is 8.78. The molecular weight excluding hydrogens is 397 g/mol. The van der Waals surface area contributed by atoms with E-state index in [1.807, 2.05) is 30.3 Å². The van der Waals surface area contributed by atoms with E-state index in [-0.39, 0.29) is 6.61 Å². The summed E-state index contributed by atoms with van der Waals surface area (Å²) in [6.07, 6.45) is -5.21. The molecule has 5 atom stereocenters. The molecule has 1 aliphatic heterocycles. The Morgan fingerprint density at radius 1 is 1.20 bits per heavy atom. The van der Waals surface area contributed by atoms with Gasteiger partial charge in [-0.1, -0.05) is 65.1 Å². The number of aliphatic hydroxyl groups excluding tert-OH is 3. The van der Waals surface area contributed by atoms with Crippen LogP contribution >= 0.6 is 34.8 Å². The number of carbonyl (C=O) groups is 1. The van der Waals surface area contributed by atoms with E-state index < -0.39 is 47.0 Å². The van der Waals surface area contributed by atoms with E-state index in [9.17, 15) is 20.1 Å². The van der Waals surface area contributed by atoms with Crippen LogP contribution in [0.5, 0.6) is 0 Å². The molecule has 25 heavy (non-hydrogen) atoms. The zero-order chi connectivity index (χ0) is 18.6. The maximum Gasteiger partial charge on any atom is 0.272 e. The number of hydrogen-bond acceptors (Lipinski definition) is 6. The number of carbonyl (C=O) groups excluding carboxylic acids is 1. The summed E-state index contributed by atoms with van der Waals surface area (Å²) in [6, 6.07) is 7.89. The van der Waals surface area contributed by atoms with Crippen molar-refractivity contribution in [3.8, 4) is 0 Å². The third kappa shape index (κ3) is 5.42. The van der Waals surface area contributed by atoms with Crippen molar-refractivity contribution in [2.24, 2.45) is 0 Å². The van der Waals surface area contributed by atoms with Gasteiger partial charge in [0.1, 0.15) is 24.4 Å². The van der Waals surface area contributed by atoms with Crippen LogP contribution in [0.2, 0.25) is 0 Å². The molecule has 1 fully saturated rings. The topological polar surface area (TPSA) is 108 Å². The lowest BCUT2D eigenvalue weighted by atomic mass is 9.97. The zero-order valence-electron chi connectivity index (χ0n) is 12.9. The molecule has 10 heteroatoms. The number of rotatable bonds is 5. The number of nitrogens with one attached hydrogen (secondary N) is 1. The molecule has 1 aromatic carbocycles. The van der Waals surface area contributed by atoms with E-state index >= 15 is 0 Å². The van der Waals surface area contributed by atoms with E-state index in [1.165, 1.54) is 0 Å². The highest BCUT2D eigenvalue weighted by atomic mass is 35.6. The molecule has 1 heterocycles. The second-order valence-electron chi connectivity index (χ2n) is 5.50. The van der Waals surface area contributed by atoms with Gasteiger partial charge in [-0.3, -0.25) is 4.79 Å². The van der Waals surface area contributed by atoms with Gasteiger partial charge in [-0.15, -0.1) is 0 Å². The lowest BCUT2D eigenvalue weighted by Crippen LogP contribution is -2.65. The number of hydrogen-bond donors (Lipinski definition) is 4. The Morgan fingerprint density at radius 2 is 1.84 bits per heavy atom. The van der Waals surface area contributed by atoms with E-state index in [2.05, 4.69) is 5.32 Å². The Labute approximate surface area is 159 Å². The Kier molecular flexibility index (Phi) is 7.30. The third-order valence-corrected chi connectivity index (χ3v) is 4.21. The van der Waals surface area contributed by atoms with Crippen molar-refractivity contribution >= 4 is 40.7 Å². The summed E-state index contributed by atoms with van der Waals surface area (Å²) in [6.45, 7) is -0.443. The van der Waals surface area contributed by atoms with Crippen molar-refractivity contribution in [2.75, 3.05) is 6.61 Å². The van der Waals surface area contributed by atoms with E-state index in [0.29, 0.717) is 0 Å². The average Bonchev–Trinajstić information content (AvgIpc) is 2.58. The van der Waals surface area contributed by atoms with Gasteiger partial charge in [0.25, 0.3) is 9.70 Å². The van der Waals surface area contributed by atoms with Crippen LogP contribution in [-0.4, -0.2) is 62.3 Å². The van der Waals surface area contributed by atoms with Crippen LogP contribution in [0.4, 0.5) is 0 Å². The molecule has 0 saturated carbocycles. The minimum absolute atomic E-state index is 0.104. The third-order valence-electron chi connectivity index (χ3n) is 3.69. The van der Waals surface area contributed by atoms with Crippen LogP contribution in [-0.2, 0) is 20.9 Å². The van der Waals surface area contributed by atoms with E-state index in [0.717, 1.165) is 5.56 Å². The smallest absolute Gasteiger partial charge is 0.272 e. The molecule has 140 valence electrons. The van der Waals surface area contributed by atoms with Gasteiger partial charge in [0.05, 0.1) is 13.2 Å². The summed E-state index contributed by atoms with van der Waals surface area (Å²) >= 11 is 16.5. The maximum atomic E-state index is 11.9. The number of aliphatic hydroxyl groups is 3. The van der Waals surface area contributed by atoms with Gasteiger partial charge >= 0.3 is 0 Å². The molecule has 0 bridgehead atoms. The highest BCUT2D eigenvalue weighted by molar-refractivity contribution is 6.76. The first-order chi connectivity index (χ1) is 11.7. The van der Waals surface area contributed by atoms with Crippen LogP contribution in [0, 0.1) is 0 Å². The Morgan fingerprint density at radius 3 is 2.40 bits per heavy atom. The maximum absolute atomic E-state index is 11.9. The summed E-state index contributed by atoms with van der Waals surface area (Å²) in [5, 5.41) is 31.8. The van der Waals surface area contributed by atoms with Gasteiger partial charge in [-0.25, -0.2) is 0 Å². The monoisotopic (exact) mass is 413 g/mol. The van der Waals surface area contributed by atoms with E-state index in [1.54, 1.807) is 0 Å². The second kappa shape index (κ2) is 8.83. The minimum Gasteiger partial charge on any atom is -0.394 e. The van der Waals surface area contributed by atoms with Gasteiger partial charge in [0.15, 0.2) is 6.29 Å². The summed E-state index contributed by atoms with van der Waals surface area (Å²) in [5.74, 6) is -1.01. The molecule has 1 aromatic rings. The predicted molar refractivity (Wildman–Crippen MR) is 91.2 cm³/mol. The lowest BCUT2D eigenvalue weighted by Gasteiger charge is -2.42. The van der Waals surface area contributed by atoms with Crippen molar-refractivity contribution in [1.29, 1.82) is 0 Å². The van der Waals surface area contributed by atoms with Gasteiger partial charge < -0.3 is 30.1 Å². The lowest BCUT2D eigenvalue weighted by molar-refractivity contribution is -0.273. The first-order valence-electron chi connectivity index (χ1n) is 7.39. The van der Waals surface area contributed by atoms with Crippen molar-refractivity contribution in [3.63, 3.8) is 0 Å². The van der Waals surface area contributed by atoms with Gasteiger partial charge in [0.2, 0.25) is 0 Å². The first kappa shape index (κ1) is 20.7. The number of halogens is 3. The Hall–Kier alpha value is -0.640. The van der Waals surface area contributed by atoms with Crippen molar-refractivity contribution in [2.45, 2.75) is 41.0 Å². The Bertz CT molecular complexity index is 570. The second-order valence-corrected chi connectivity index (χ2v) is 7.78. The largest absolute Gasteiger partial charge is 0.394 e. The number of ether oxygens (including phenoxy) is 2. The van der Waals surface area contributed by atoms with Crippen LogP contribution in [0.15, 0.2) is 30.3 Å². The predicted octanol–water partition coefficient (Wildman–Crippen LogP) is 0.497. The quantitative estimate of drug-likeness (QED) is 0.523. The molecule has 0 spiro atoms. The molecule has 0 aromatic heterocycles. The normalized spacial score (nSPS) is 30.1. The van der Waals surface area contributed by atoms with Gasteiger partial charge in [0, 0.05) is 0 Å². The van der Waals surface area contributed by atoms with Gasteiger partial charge in [-0.2, -0.15) is 0 Å². The fourth-order valence-electron chi connectivity index (χ4n) is 2.36. The molecule has 1 amide bonds. The number of alkyl halides is 3. The zero-order valence-corrected chi connectivity index (χ0v) is 15.2. The first-order valence-corrected chi connectivity index (χ1v) is 8.53. The standard InChI is InChI=1S/C15H18Cl3NO6/c16-15(17,18)14(23)19-10-12(22)11(21)9(6-20)25-13(10)24-7-8-4-2-1-3-5-8/h1-5,9-13,20-22H,6-7H2,(H,19,23)/t9-,10+,11+,12-,13+/m1/s1. The molecule has 0 radical (unpaired) electrons. The molecule has 4 N–H and O–H groups in total. The highest BCUT2D eigenvalue weighted by Crippen LogP contribution is 2.28. The van der Waals surface area contributed by atoms with Crippen LogP contribution in [0.1, 0.15) is 5.56 Å². The van der Waals surface area contributed by atoms with E-state index in [4.69, 9.17) is 44.3 Å². The highest BCUT2D eigenvalue weighted by Gasteiger charge is 2.47. The molecule has 1 saturated heterocycles. The molecule has 7 nitrogen and oxygen atoms in total. The van der Waals surface area contributed by atoms with Gasteiger partial charge in [-0.05, 0) is 5.56 Å². The molecule has 1 aliphatic rings. The Balaban J connectivity index is 2.13. The SMILES string of the molecule is O=C(N[C@@H]1[C@@H](OCc2ccccc2)O[C@H](CO)[C@H](O)[C@@H]1O)C(Cl)(Cl)Cl. The number of amides is 1. The fraction of sp³-hybridized carbons (Fsp3) is 0.533. The molecule has 2 rings (SSSR count). The van der Waals surface area contributed by atoms with Crippen molar-refractivity contribution in [3.05, 3.63) is 35.9 Å².